The second-order valence-corrected chi connectivity index (χ2v) is 15.9. The summed E-state index contributed by atoms with van der Waals surface area (Å²) in [5, 5.41) is 4.25. The Balaban J connectivity index is 0.00000219. The van der Waals surface area contributed by atoms with Crippen LogP contribution in [0.25, 0.3) is 122 Å². The highest BCUT2D eigenvalue weighted by atomic mass is 16.3. The van der Waals surface area contributed by atoms with Gasteiger partial charge in [-0.2, -0.15) is 0 Å². The molecule has 7 aromatic heterocycles. The Hall–Kier alpha value is -8.68. The molecule has 0 aliphatic heterocycles. The summed E-state index contributed by atoms with van der Waals surface area (Å²) in [6.07, 6.45) is 7.44. The lowest BCUT2D eigenvalue weighted by Crippen LogP contribution is -1.94. The molecule has 308 valence electrons. The second-order valence-electron chi connectivity index (χ2n) is 15.9. The minimum Gasteiger partial charge on any atom is -0.456 e. The molecule has 0 amide bonds. The minimum atomic E-state index is 0.832. The Morgan fingerprint density at radius 2 is 0.769 bits per heavy atom. The number of nitrogens with zero attached hydrogens (tertiary/aromatic N) is 6. The highest BCUT2D eigenvalue weighted by molar-refractivity contribution is 6.12. The SMILES string of the molecule is CC.c1ccc(-c2ccccc2-c2ccc3c(c2)c2ncccc2n3-c2ccc3oc4ccc(-n5c6ccc(-c7ccccc7-c7ccccn7)cc6c6ncccc65)cc4c3c2)nc1. The first kappa shape index (κ1) is 38.0. The zero-order valence-electron chi connectivity index (χ0n) is 35.7. The van der Waals surface area contributed by atoms with Crippen LogP contribution < -0.4 is 0 Å². The quantitative estimate of drug-likeness (QED) is 0.167. The summed E-state index contributed by atoms with van der Waals surface area (Å²) < 4.78 is 11.2. The van der Waals surface area contributed by atoms with Crippen LogP contribution in [0.4, 0.5) is 0 Å². The van der Waals surface area contributed by atoms with Gasteiger partial charge in [-0.25, -0.2) is 0 Å². The van der Waals surface area contributed by atoms with Crippen molar-refractivity contribution in [1.82, 2.24) is 29.1 Å². The summed E-state index contributed by atoms with van der Waals surface area (Å²) in [6.45, 7) is 4.00. The molecule has 0 saturated carbocycles. The number of rotatable bonds is 6. The van der Waals surface area contributed by atoms with Crippen molar-refractivity contribution < 1.29 is 4.42 Å². The van der Waals surface area contributed by atoms with E-state index in [1.807, 2.05) is 75.0 Å². The fourth-order valence-electron chi connectivity index (χ4n) is 9.55. The van der Waals surface area contributed by atoms with Gasteiger partial charge >= 0.3 is 0 Å². The molecule has 0 aliphatic carbocycles. The van der Waals surface area contributed by atoms with Crippen molar-refractivity contribution in [2.45, 2.75) is 13.8 Å². The predicted octanol–water partition coefficient (Wildman–Crippen LogP) is 15.1. The number of fused-ring (bicyclic) bond motifs is 9. The third-order valence-corrected chi connectivity index (χ3v) is 12.4. The van der Waals surface area contributed by atoms with Crippen molar-refractivity contribution in [3.8, 4) is 56.1 Å². The lowest BCUT2D eigenvalue weighted by Gasteiger charge is -2.11. The van der Waals surface area contributed by atoms with Crippen LogP contribution >= 0.6 is 0 Å². The molecule has 7 nitrogen and oxygen atoms in total. The van der Waals surface area contributed by atoms with Gasteiger partial charge in [0.1, 0.15) is 11.2 Å². The average Bonchev–Trinajstić information content (AvgIpc) is 4.04. The second kappa shape index (κ2) is 15.6. The molecular weight excluding hydrogens is 797 g/mol. The molecule has 0 unspecified atom stereocenters. The van der Waals surface area contributed by atoms with Crippen molar-refractivity contribution in [2.75, 3.05) is 0 Å². The van der Waals surface area contributed by atoms with Gasteiger partial charge < -0.3 is 13.6 Å². The molecule has 0 spiro atoms. The monoisotopic (exact) mass is 836 g/mol. The van der Waals surface area contributed by atoms with E-state index in [9.17, 15) is 0 Å². The molecule has 0 fully saturated rings. The first-order valence-corrected chi connectivity index (χ1v) is 22.0. The summed E-state index contributed by atoms with van der Waals surface area (Å²) in [5.74, 6) is 0. The molecule has 0 radical (unpaired) electrons. The van der Waals surface area contributed by atoms with E-state index >= 15 is 0 Å². The summed E-state index contributed by atoms with van der Waals surface area (Å²) in [5.41, 5.74) is 18.4. The number of furan rings is 1. The zero-order chi connectivity index (χ0) is 43.4. The van der Waals surface area contributed by atoms with Crippen LogP contribution in [-0.2, 0) is 0 Å². The van der Waals surface area contributed by atoms with Crippen LogP contribution in [0.5, 0.6) is 0 Å². The molecule has 7 heterocycles. The molecule has 0 bridgehead atoms. The number of hydrogen-bond donors (Lipinski definition) is 0. The molecule has 65 heavy (non-hydrogen) atoms. The summed E-state index contributed by atoms with van der Waals surface area (Å²) in [4.78, 5) is 19.2. The van der Waals surface area contributed by atoms with Crippen LogP contribution in [0, 0.1) is 0 Å². The van der Waals surface area contributed by atoms with Gasteiger partial charge in [0.05, 0.1) is 44.5 Å². The fourth-order valence-corrected chi connectivity index (χ4v) is 9.55. The van der Waals surface area contributed by atoms with Crippen molar-refractivity contribution in [3.63, 3.8) is 0 Å². The number of benzene rings is 6. The number of pyridine rings is 4. The van der Waals surface area contributed by atoms with Crippen LogP contribution in [0.1, 0.15) is 13.8 Å². The highest BCUT2D eigenvalue weighted by Crippen LogP contribution is 2.41. The Morgan fingerprint density at radius 3 is 1.22 bits per heavy atom. The van der Waals surface area contributed by atoms with Crippen LogP contribution in [0.15, 0.2) is 211 Å². The van der Waals surface area contributed by atoms with Crippen molar-refractivity contribution in [1.29, 1.82) is 0 Å². The Kier molecular flexibility index (Phi) is 9.12. The van der Waals surface area contributed by atoms with E-state index in [1.165, 1.54) is 0 Å². The Morgan fingerprint density at radius 1 is 0.338 bits per heavy atom. The first-order valence-electron chi connectivity index (χ1n) is 22.0. The molecular formula is C58H40N6O. The van der Waals surface area contributed by atoms with Crippen LogP contribution in [-0.4, -0.2) is 29.1 Å². The van der Waals surface area contributed by atoms with E-state index < -0.39 is 0 Å². The fraction of sp³-hybridized carbons (Fsp3) is 0.0345. The number of aromatic nitrogens is 6. The van der Waals surface area contributed by atoms with Gasteiger partial charge in [0.2, 0.25) is 0 Å². The van der Waals surface area contributed by atoms with Gasteiger partial charge in [0.25, 0.3) is 0 Å². The van der Waals surface area contributed by atoms with Crippen molar-refractivity contribution >= 4 is 65.8 Å². The minimum absolute atomic E-state index is 0.832. The van der Waals surface area contributed by atoms with Crippen LogP contribution in [0.3, 0.4) is 0 Å². The molecule has 0 saturated heterocycles. The number of hydrogen-bond acceptors (Lipinski definition) is 5. The Bertz CT molecular complexity index is 3670. The van der Waals surface area contributed by atoms with Gasteiger partial charge in [-0.15, -0.1) is 0 Å². The summed E-state index contributed by atoms with van der Waals surface area (Å²) in [6, 6.07) is 63.7. The maximum Gasteiger partial charge on any atom is 0.135 e. The van der Waals surface area contributed by atoms with Gasteiger partial charge in [0.15, 0.2) is 0 Å². The predicted molar refractivity (Wildman–Crippen MR) is 267 cm³/mol. The molecule has 0 aliphatic rings. The maximum atomic E-state index is 6.52. The summed E-state index contributed by atoms with van der Waals surface area (Å²) in [7, 11) is 0. The molecule has 13 rings (SSSR count). The molecule has 6 aromatic carbocycles. The largest absolute Gasteiger partial charge is 0.456 e. The normalized spacial score (nSPS) is 11.5. The summed E-state index contributed by atoms with van der Waals surface area (Å²) >= 11 is 0. The third-order valence-electron chi connectivity index (χ3n) is 12.4. The van der Waals surface area contributed by atoms with E-state index in [1.54, 1.807) is 0 Å². The van der Waals surface area contributed by atoms with E-state index in [0.29, 0.717) is 0 Å². The lowest BCUT2D eigenvalue weighted by molar-refractivity contribution is 0.669. The maximum absolute atomic E-state index is 6.52. The van der Waals surface area contributed by atoms with Crippen molar-refractivity contribution in [2.24, 2.45) is 0 Å². The Labute approximate surface area is 374 Å². The molecule has 0 atom stereocenters. The zero-order valence-corrected chi connectivity index (χ0v) is 35.7. The van der Waals surface area contributed by atoms with E-state index in [-0.39, 0.29) is 0 Å². The molecule has 7 heteroatoms. The average molecular weight is 837 g/mol. The van der Waals surface area contributed by atoms with E-state index in [4.69, 9.17) is 14.4 Å². The first-order chi connectivity index (χ1) is 32.2. The van der Waals surface area contributed by atoms with Gasteiger partial charge in [-0.1, -0.05) is 86.6 Å². The van der Waals surface area contributed by atoms with E-state index in [0.717, 1.165) is 122 Å². The van der Waals surface area contributed by atoms with Gasteiger partial charge in [0, 0.05) is 68.8 Å². The standard InChI is InChI=1S/C56H34N6O.C2H6/c1-3-13-41(47-15-5-7-27-57-47)39(11-1)35-19-23-49-45(31-35)55-51(17-9-29-59-55)61(49)37-21-25-53-43(33-37)44-34-38(22-26-54(44)63-53)62-50-24-20-36(32-46(50)56-52(62)18-10-30-60-56)40-12-2-4-14-42(40)48-16-6-8-28-58-48;1-2/h1-34H;1-2H3. The van der Waals surface area contributed by atoms with Crippen LogP contribution in [0.2, 0.25) is 0 Å². The van der Waals surface area contributed by atoms with Gasteiger partial charge in [-0.3, -0.25) is 19.9 Å². The highest BCUT2D eigenvalue weighted by Gasteiger charge is 2.20. The van der Waals surface area contributed by atoms with Crippen molar-refractivity contribution in [3.05, 3.63) is 207 Å². The topological polar surface area (TPSA) is 74.6 Å². The molecule has 13 aromatic rings. The van der Waals surface area contributed by atoms with Gasteiger partial charge in [-0.05, 0) is 131 Å². The molecule has 0 N–H and O–H groups in total. The lowest BCUT2D eigenvalue weighted by atomic mass is 9.96. The van der Waals surface area contributed by atoms with E-state index in [2.05, 4.69) is 165 Å². The third kappa shape index (κ3) is 6.20. The smallest absolute Gasteiger partial charge is 0.135 e.